The molecule has 0 aromatic rings. The maximum atomic E-state index is 10.7. The molecular formula is C8H15ClO3. The third-order valence-electron chi connectivity index (χ3n) is 1.25. The average Bonchev–Trinajstić information content (AvgIpc) is 2.10. The maximum absolute atomic E-state index is 10.7. The van der Waals surface area contributed by atoms with E-state index in [-0.39, 0.29) is 12.0 Å². The van der Waals surface area contributed by atoms with Crippen molar-refractivity contribution >= 4 is 17.8 Å². The molecule has 0 aromatic heterocycles. The fourth-order valence-electron chi connectivity index (χ4n) is 0.503. The van der Waals surface area contributed by atoms with Crippen molar-refractivity contribution in [1.82, 2.24) is 0 Å². The second kappa shape index (κ2) is 7.22. The lowest BCUT2D eigenvalue weighted by atomic mass is 10.3. The predicted octanol–water partition coefficient (Wildman–Crippen LogP) is 2.57. The summed E-state index contributed by atoms with van der Waals surface area (Å²) in [5.41, 5.74) is 0. The van der Waals surface area contributed by atoms with Gasteiger partial charge in [-0.2, -0.15) is 0 Å². The number of hydrogen-bond donors (Lipinski definition) is 0. The standard InChI is InChI=1S/C8H15ClO3/c1-3-5-11-8(10)12-6-7(9)4-2/h7H,3-6H2,1-2H3. The van der Waals surface area contributed by atoms with Crippen LogP contribution >= 0.6 is 11.6 Å². The summed E-state index contributed by atoms with van der Waals surface area (Å²) >= 11 is 5.71. The van der Waals surface area contributed by atoms with Gasteiger partial charge in [0.1, 0.15) is 6.61 Å². The molecule has 0 fully saturated rings. The molecule has 0 bridgehead atoms. The first kappa shape index (κ1) is 11.6. The van der Waals surface area contributed by atoms with Gasteiger partial charge in [-0.3, -0.25) is 0 Å². The molecule has 3 nitrogen and oxygen atoms in total. The molecule has 4 heteroatoms. The minimum absolute atomic E-state index is 0.112. The second-order valence-corrected chi connectivity index (χ2v) is 3.03. The second-order valence-electron chi connectivity index (χ2n) is 2.41. The SMILES string of the molecule is CCCOC(=O)OCC(Cl)CC. The van der Waals surface area contributed by atoms with Gasteiger partial charge >= 0.3 is 6.16 Å². The van der Waals surface area contributed by atoms with Crippen LogP contribution in [0.2, 0.25) is 0 Å². The van der Waals surface area contributed by atoms with Crippen molar-refractivity contribution in [3.63, 3.8) is 0 Å². The molecule has 12 heavy (non-hydrogen) atoms. The van der Waals surface area contributed by atoms with Crippen LogP contribution in [0, 0.1) is 0 Å². The van der Waals surface area contributed by atoms with Crippen molar-refractivity contribution in [1.29, 1.82) is 0 Å². The summed E-state index contributed by atoms with van der Waals surface area (Å²) in [5, 5.41) is -0.112. The molecular weight excluding hydrogens is 180 g/mol. The first-order valence-electron chi connectivity index (χ1n) is 4.14. The number of rotatable bonds is 5. The number of alkyl halides is 1. The highest BCUT2D eigenvalue weighted by atomic mass is 35.5. The normalized spacial score (nSPS) is 12.2. The Balaban J connectivity index is 3.31. The van der Waals surface area contributed by atoms with Crippen LogP contribution in [0.3, 0.4) is 0 Å². The summed E-state index contributed by atoms with van der Waals surface area (Å²) in [7, 11) is 0. The molecule has 0 aromatic carbocycles. The summed E-state index contributed by atoms with van der Waals surface area (Å²) in [4.78, 5) is 10.7. The van der Waals surface area contributed by atoms with Gasteiger partial charge in [0.2, 0.25) is 0 Å². The highest BCUT2D eigenvalue weighted by Gasteiger charge is 2.06. The number of carbonyl (C=O) groups is 1. The molecule has 0 saturated carbocycles. The largest absolute Gasteiger partial charge is 0.508 e. The van der Waals surface area contributed by atoms with Crippen LogP contribution in [0.5, 0.6) is 0 Å². The van der Waals surface area contributed by atoms with Gasteiger partial charge in [-0.05, 0) is 12.8 Å². The summed E-state index contributed by atoms with van der Waals surface area (Å²) in [6, 6.07) is 0. The van der Waals surface area contributed by atoms with Gasteiger partial charge in [0, 0.05) is 0 Å². The Labute approximate surface area is 78.0 Å². The van der Waals surface area contributed by atoms with Crippen molar-refractivity contribution in [2.45, 2.75) is 32.1 Å². The Kier molecular flexibility index (Phi) is 6.96. The van der Waals surface area contributed by atoms with Crippen LogP contribution in [-0.4, -0.2) is 24.7 Å². The molecule has 0 N–H and O–H groups in total. The lowest BCUT2D eigenvalue weighted by Gasteiger charge is -2.07. The maximum Gasteiger partial charge on any atom is 0.508 e. The zero-order valence-corrected chi connectivity index (χ0v) is 8.26. The topological polar surface area (TPSA) is 35.5 Å². The van der Waals surface area contributed by atoms with E-state index in [2.05, 4.69) is 4.74 Å². The number of carbonyl (C=O) groups excluding carboxylic acids is 1. The van der Waals surface area contributed by atoms with E-state index in [1.165, 1.54) is 0 Å². The minimum Gasteiger partial charge on any atom is -0.434 e. The summed E-state index contributed by atoms with van der Waals surface area (Å²) in [5.74, 6) is 0. The predicted molar refractivity (Wildman–Crippen MR) is 47.5 cm³/mol. The molecule has 0 spiro atoms. The molecule has 0 amide bonds. The Bertz CT molecular complexity index is 127. The molecule has 1 atom stereocenters. The smallest absolute Gasteiger partial charge is 0.434 e. The van der Waals surface area contributed by atoms with Gasteiger partial charge in [-0.1, -0.05) is 13.8 Å². The molecule has 0 aliphatic carbocycles. The molecule has 0 aliphatic rings. The van der Waals surface area contributed by atoms with Gasteiger partial charge in [0.05, 0.1) is 12.0 Å². The summed E-state index contributed by atoms with van der Waals surface area (Å²) in [6.07, 6.45) is 0.950. The number of halogens is 1. The fraction of sp³-hybridized carbons (Fsp3) is 0.875. The average molecular weight is 195 g/mol. The quantitative estimate of drug-likeness (QED) is 0.499. The third-order valence-corrected chi connectivity index (χ3v) is 1.68. The van der Waals surface area contributed by atoms with E-state index in [1.807, 2.05) is 13.8 Å². The first-order valence-corrected chi connectivity index (χ1v) is 4.58. The summed E-state index contributed by atoms with van der Waals surface area (Å²) < 4.78 is 9.37. The molecule has 1 unspecified atom stereocenters. The number of hydrogen-bond acceptors (Lipinski definition) is 3. The van der Waals surface area contributed by atoms with Crippen LogP contribution in [0.4, 0.5) is 4.79 Å². The Morgan fingerprint density at radius 3 is 2.58 bits per heavy atom. The van der Waals surface area contributed by atoms with E-state index < -0.39 is 6.16 Å². The molecule has 0 saturated heterocycles. The Hall–Kier alpha value is -0.440. The zero-order valence-electron chi connectivity index (χ0n) is 7.51. The van der Waals surface area contributed by atoms with Crippen LogP contribution in [0.25, 0.3) is 0 Å². The molecule has 0 aliphatic heterocycles. The van der Waals surface area contributed by atoms with Gasteiger partial charge in [0.15, 0.2) is 0 Å². The Morgan fingerprint density at radius 1 is 1.42 bits per heavy atom. The van der Waals surface area contributed by atoms with Gasteiger partial charge in [-0.15, -0.1) is 11.6 Å². The van der Waals surface area contributed by atoms with E-state index in [0.29, 0.717) is 6.61 Å². The minimum atomic E-state index is -0.629. The van der Waals surface area contributed by atoms with Gasteiger partial charge < -0.3 is 9.47 Å². The molecule has 0 rings (SSSR count). The highest BCUT2D eigenvalue weighted by molar-refractivity contribution is 6.20. The van der Waals surface area contributed by atoms with Crippen LogP contribution < -0.4 is 0 Å². The molecule has 0 heterocycles. The van der Waals surface area contributed by atoms with Crippen molar-refractivity contribution in [2.24, 2.45) is 0 Å². The van der Waals surface area contributed by atoms with Crippen molar-refractivity contribution in [2.75, 3.05) is 13.2 Å². The van der Waals surface area contributed by atoms with Crippen LogP contribution in [0.1, 0.15) is 26.7 Å². The van der Waals surface area contributed by atoms with E-state index >= 15 is 0 Å². The van der Waals surface area contributed by atoms with E-state index in [9.17, 15) is 4.79 Å². The van der Waals surface area contributed by atoms with Crippen LogP contribution in [0.15, 0.2) is 0 Å². The summed E-state index contributed by atoms with van der Waals surface area (Å²) in [6.45, 7) is 4.47. The molecule has 72 valence electrons. The molecule has 0 radical (unpaired) electrons. The monoisotopic (exact) mass is 194 g/mol. The van der Waals surface area contributed by atoms with E-state index in [0.717, 1.165) is 12.8 Å². The lowest BCUT2D eigenvalue weighted by Crippen LogP contribution is -2.14. The lowest BCUT2D eigenvalue weighted by molar-refractivity contribution is 0.0552. The van der Waals surface area contributed by atoms with E-state index in [4.69, 9.17) is 16.3 Å². The third kappa shape index (κ3) is 6.28. The van der Waals surface area contributed by atoms with Crippen molar-refractivity contribution in [3.05, 3.63) is 0 Å². The van der Waals surface area contributed by atoms with Crippen LogP contribution in [-0.2, 0) is 9.47 Å². The van der Waals surface area contributed by atoms with Gasteiger partial charge in [0.25, 0.3) is 0 Å². The zero-order chi connectivity index (χ0) is 9.40. The van der Waals surface area contributed by atoms with Crippen molar-refractivity contribution in [3.8, 4) is 0 Å². The fourth-order valence-corrected chi connectivity index (χ4v) is 0.566. The first-order chi connectivity index (χ1) is 5.70. The van der Waals surface area contributed by atoms with E-state index in [1.54, 1.807) is 0 Å². The van der Waals surface area contributed by atoms with Gasteiger partial charge in [-0.25, -0.2) is 4.79 Å². The Morgan fingerprint density at radius 2 is 2.08 bits per heavy atom. The number of ether oxygens (including phenoxy) is 2. The van der Waals surface area contributed by atoms with Crippen molar-refractivity contribution < 1.29 is 14.3 Å². The highest BCUT2D eigenvalue weighted by Crippen LogP contribution is 2.01.